The third-order valence-electron chi connectivity index (χ3n) is 5.32. The Morgan fingerprint density at radius 1 is 1.22 bits per heavy atom. The Hall–Kier alpha value is -1.70. The van der Waals surface area contributed by atoms with Gasteiger partial charge in [-0.15, -0.1) is 0 Å². The van der Waals surface area contributed by atoms with Gasteiger partial charge in [0.25, 0.3) is 0 Å². The predicted molar refractivity (Wildman–Crippen MR) is 89.2 cm³/mol. The number of aromatic nitrogens is 1. The van der Waals surface area contributed by atoms with Crippen molar-refractivity contribution in [2.75, 3.05) is 13.1 Å². The lowest BCUT2D eigenvalue weighted by Crippen LogP contribution is -2.50. The molecule has 23 heavy (non-hydrogen) atoms. The molecule has 3 heterocycles. The molecular formula is C16H25N7. The molecule has 0 saturated heterocycles. The second-order valence-electron chi connectivity index (χ2n) is 6.82. The van der Waals surface area contributed by atoms with Gasteiger partial charge in [-0.25, -0.2) is 4.99 Å². The van der Waals surface area contributed by atoms with Crippen LogP contribution in [0.5, 0.6) is 0 Å². The van der Waals surface area contributed by atoms with E-state index in [1.807, 2.05) is 6.20 Å². The molecule has 1 aromatic heterocycles. The van der Waals surface area contributed by atoms with Crippen LogP contribution in [0, 0.1) is 0 Å². The number of rotatable bonds is 2. The van der Waals surface area contributed by atoms with Gasteiger partial charge in [-0.05, 0) is 30.9 Å². The first-order valence-corrected chi connectivity index (χ1v) is 8.54. The summed E-state index contributed by atoms with van der Waals surface area (Å²) in [6.45, 7) is 2.22. The highest BCUT2D eigenvalue weighted by atomic mass is 15.6. The number of pyridine rings is 1. The van der Waals surface area contributed by atoms with Crippen molar-refractivity contribution in [2.45, 2.75) is 50.4 Å². The van der Waals surface area contributed by atoms with E-state index in [9.17, 15) is 0 Å². The molecule has 0 spiro atoms. The first-order chi connectivity index (χ1) is 11.1. The fraction of sp³-hybridized carbons (Fsp3) is 0.625. The summed E-state index contributed by atoms with van der Waals surface area (Å²) < 4.78 is 0. The zero-order valence-electron chi connectivity index (χ0n) is 13.4. The summed E-state index contributed by atoms with van der Waals surface area (Å²) in [6.07, 6.45) is 9.32. The second kappa shape index (κ2) is 5.74. The monoisotopic (exact) mass is 315 g/mol. The Kier molecular flexibility index (Phi) is 3.71. The molecule has 6 N–H and O–H groups in total. The van der Waals surface area contributed by atoms with Crippen LogP contribution in [0.15, 0.2) is 17.3 Å². The first kappa shape index (κ1) is 14.9. The lowest BCUT2D eigenvalue weighted by atomic mass is 10.0. The standard InChI is InChI=1S/C16H25N7/c17-15-20-16(18,22-21-15)12-9-11-5-7-23(13-3-1-2-4-13)8-6-14(11)19-10-12/h9-10,13,22H,1-8,18H2,(H3,17,20,21). The number of hydrogen-bond acceptors (Lipinski definition) is 7. The Morgan fingerprint density at radius 3 is 2.74 bits per heavy atom. The Labute approximate surface area is 136 Å². The largest absolute Gasteiger partial charge is 0.369 e. The SMILES string of the molecule is NC1=NC(N)(c2cnc3c(c2)CCN(C2CCCC2)CC3)NN1. The average Bonchev–Trinajstić information content (AvgIpc) is 3.14. The molecule has 1 atom stereocenters. The van der Waals surface area contributed by atoms with Gasteiger partial charge in [0.15, 0.2) is 0 Å². The van der Waals surface area contributed by atoms with E-state index >= 15 is 0 Å². The minimum absolute atomic E-state index is 0.301. The highest BCUT2D eigenvalue weighted by Gasteiger charge is 2.33. The first-order valence-electron chi connectivity index (χ1n) is 8.54. The lowest BCUT2D eigenvalue weighted by Gasteiger charge is -2.26. The molecule has 0 aromatic carbocycles. The maximum atomic E-state index is 6.28. The van der Waals surface area contributed by atoms with Crippen molar-refractivity contribution in [3.8, 4) is 0 Å². The van der Waals surface area contributed by atoms with Crippen molar-refractivity contribution in [1.82, 2.24) is 20.7 Å². The lowest BCUT2D eigenvalue weighted by molar-refractivity contribution is 0.208. The number of guanidine groups is 1. The van der Waals surface area contributed by atoms with Crippen molar-refractivity contribution in [2.24, 2.45) is 16.5 Å². The molecule has 1 aromatic rings. The van der Waals surface area contributed by atoms with E-state index < -0.39 is 5.79 Å². The van der Waals surface area contributed by atoms with Gasteiger partial charge in [0, 0.05) is 43.0 Å². The number of hydrogen-bond donors (Lipinski definition) is 4. The van der Waals surface area contributed by atoms with Crippen LogP contribution in [-0.4, -0.2) is 35.0 Å². The fourth-order valence-electron chi connectivity index (χ4n) is 3.99. The third-order valence-corrected chi connectivity index (χ3v) is 5.32. The van der Waals surface area contributed by atoms with E-state index in [2.05, 4.69) is 31.8 Å². The van der Waals surface area contributed by atoms with Gasteiger partial charge in [-0.3, -0.25) is 21.0 Å². The van der Waals surface area contributed by atoms with Gasteiger partial charge in [0.2, 0.25) is 11.7 Å². The smallest absolute Gasteiger partial charge is 0.210 e. The van der Waals surface area contributed by atoms with E-state index in [4.69, 9.17) is 11.5 Å². The quantitative estimate of drug-likeness (QED) is 0.608. The van der Waals surface area contributed by atoms with E-state index in [0.717, 1.165) is 37.5 Å². The van der Waals surface area contributed by atoms with Crippen molar-refractivity contribution >= 4 is 5.96 Å². The molecule has 4 rings (SSSR count). The number of aliphatic imine (C=N–C) groups is 1. The van der Waals surface area contributed by atoms with Crippen LogP contribution in [0.4, 0.5) is 0 Å². The molecule has 1 unspecified atom stereocenters. The van der Waals surface area contributed by atoms with E-state index in [-0.39, 0.29) is 0 Å². The van der Waals surface area contributed by atoms with Crippen LogP contribution >= 0.6 is 0 Å². The number of nitrogens with two attached hydrogens (primary N) is 2. The number of fused-ring (bicyclic) bond motifs is 1. The van der Waals surface area contributed by atoms with Crippen molar-refractivity contribution in [3.63, 3.8) is 0 Å². The summed E-state index contributed by atoms with van der Waals surface area (Å²) in [7, 11) is 0. The summed E-state index contributed by atoms with van der Waals surface area (Å²) in [5.41, 5.74) is 21.0. The molecule has 2 aliphatic heterocycles. The van der Waals surface area contributed by atoms with Crippen LogP contribution in [0.3, 0.4) is 0 Å². The van der Waals surface area contributed by atoms with Gasteiger partial charge in [0.05, 0.1) is 0 Å². The molecule has 1 saturated carbocycles. The average molecular weight is 315 g/mol. The zero-order valence-corrected chi connectivity index (χ0v) is 13.4. The molecule has 124 valence electrons. The van der Waals surface area contributed by atoms with Crippen LogP contribution in [0.2, 0.25) is 0 Å². The second-order valence-corrected chi connectivity index (χ2v) is 6.82. The Bertz CT molecular complexity index is 623. The van der Waals surface area contributed by atoms with Crippen LogP contribution in [0.1, 0.15) is 42.5 Å². The molecule has 0 amide bonds. The van der Waals surface area contributed by atoms with Crippen molar-refractivity contribution in [1.29, 1.82) is 0 Å². The summed E-state index contributed by atoms with van der Waals surface area (Å²) in [5.74, 6) is -0.723. The highest BCUT2D eigenvalue weighted by Crippen LogP contribution is 2.27. The minimum Gasteiger partial charge on any atom is -0.369 e. The van der Waals surface area contributed by atoms with Crippen LogP contribution in [-0.2, 0) is 18.6 Å². The Morgan fingerprint density at radius 2 is 2.00 bits per heavy atom. The van der Waals surface area contributed by atoms with E-state index in [1.165, 1.54) is 36.9 Å². The van der Waals surface area contributed by atoms with Crippen molar-refractivity contribution in [3.05, 3.63) is 29.1 Å². The zero-order chi connectivity index (χ0) is 15.9. The predicted octanol–water partition coefficient (Wildman–Crippen LogP) is -0.0837. The molecule has 3 aliphatic rings. The minimum atomic E-state index is -1.02. The molecule has 0 radical (unpaired) electrons. The molecule has 1 fully saturated rings. The van der Waals surface area contributed by atoms with Crippen molar-refractivity contribution < 1.29 is 0 Å². The van der Waals surface area contributed by atoms with Gasteiger partial charge in [-0.1, -0.05) is 12.8 Å². The highest BCUT2D eigenvalue weighted by molar-refractivity contribution is 5.79. The molecular weight excluding hydrogens is 290 g/mol. The van der Waals surface area contributed by atoms with Gasteiger partial charge in [0.1, 0.15) is 0 Å². The number of hydrazine groups is 1. The van der Waals surface area contributed by atoms with Gasteiger partial charge >= 0.3 is 0 Å². The Balaban J connectivity index is 1.54. The third kappa shape index (κ3) is 2.80. The maximum Gasteiger partial charge on any atom is 0.210 e. The maximum absolute atomic E-state index is 6.28. The summed E-state index contributed by atoms with van der Waals surface area (Å²) in [4.78, 5) is 11.6. The van der Waals surface area contributed by atoms with Gasteiger partial charge < -0.3 is 5.73 Å². The number of nitrogens with one attached hydrogen (secondary N) is 2. The van der Waals surface area contributed by atoms with Crippen LogP contribution in [0.25, 0.3) is 0 Å². The summed E-state index contributed by atoms with van der Waals surface area (Å²) in [6, 6.07) is 2.91. The normalized spacial score (nSPS) is 29.0. The van der Waals surface area contributed by atoms with Crippen LogP contribution < -0.4 is 22.3 Å². The molecule has 7 heteroatoms. The number of nitrogens with zero attached hydrogens (tertiary/aromatic N) is 3. The molecule has 7 nitrogen and oxygen atoms in total. The van der Waals surface area contributed by atoms with E-state index in [1.54, 1.807) is 0 Å². The summed E-state index contributed by atoms with van der Waals surface area (Å²) in [5, 5.41) is 0. The van der Waals surface area contributed by atoms with E-state index in [0.29, 0.717) is 5.96 Å². The summed E-state index contributed by atoms with van der Waals surface area (Å²) >= 11 is 0. The molecule has 1 aliphatic carbocycles. The van der Waals surface area contributed by atoms with Gasteiger partial charge in [-0.2, -0.15) is 5.43 Å². The topological polar surface area (TPSA) is 105 Å². The molecule has 0 bridgehead atoms. The fourth-order valence-corrected chi connectivity index (χ4v) is 3.99.